The number of aromatic nitrogens is 1. The van der Waals surface area contributed by atoms with Gasteiger partial charge in [0.2, 0.25) is 0 Å². The van der Waals surface area contributed by atoms with Crippen LogP contribution in [0.1, 0.15) is 12.5 Å². The fourth-order valence-electron chi connectivity index (χ4n) is 2.43. The molecule has 0 atom stereocenters. The number of thiazole rings is 1. The van der Waals surface area contributed by atoms with Gasteiger partial charge in [-0.3, -0.25) is 10.1 Å². The minimum Gasteiger partial charge on any atom is -0.493 e. The van der Waals surface area contributed by atoms with Crippen LogP contribution in [0.3, 0.4) is 0 Å². The second kappa shape index (κ2) is 8.88. The molecule has 27 heavy (non-hydrogen) atoms. The van der Waals surface area contributed by atoms with E-state index in [1.807, 2.05) is 43.5 Å². The molecule has 0 saturated carbocycles. The van der Waals surface area contributed by atoms with Crippen molar-refractivity contribution in [2.75, 3.05) is 18.5 Å². The molecule has 0 aliphatic heterocycles. The van der Waals surface area contributed by atoms with Crippen LogP contribution in [0.15, 0.2) is 47.8 Å². The normalized spacial score (nSPS) is 10.5. The number of halogens is 1. The van der Waals surface area contributed by atoms with E-state index in [4.69, 9.17) is 21.1 Å². The standard InChI is InChI=1S/C20H19ClN2O3S/c1-3-25-18-7-5-4-6-15(18)17-12-27-20(22-17)23-19(24)11-26-14-8-9-16(21)13(2)10-14/h4-10,12H,3,11H2,1-2H3,(H,22,23,24). The summed E-state index contributed by atoms with van der Waals surface area (Å²) >= 11 is 7.34. The van der Waals surface area contributed by atoms with Gasteiger partial charge in [0, 0.05) is 16.0 Å². The van der Waals surface area contributed by atoms with Crippen molar-refractivity contribution in [2.24, 2.45) is 0 Å². The summed E-state index contributed by atoms with van der Waals surface area (Å²) in [6.07, 6.45) is 0. The number of para-hydroxylation sites is 1. The van der Waals surface area contributed by atoms with Gasteiger partial charge in [0.1, 0.15) is 11.5 Å². The van der Waals surface area contributed by atoms with Gasteiger partial charge in [-0.1, -0.05) is 23.7 Å². The van der Waals surface area contributed by atoms with E-state index in [9.17, 15) is 4.79 Å². The van der Waals surface area contributed by atoms with E-state index >= 15 is 0 Å². The SMILES string of the molecule is CCOc1ccccc1-c1csc(NC(=O)COc2ccc(Cl)c(C)c2)n1. The predicted octanol–water partition coefficient (Wildman–Crippen LogP) is 5.19. The number of nitrogens with zero attached hydrogens (tertiary/aromatic N) is 1. The van der Waals surface area contributed by atoms with Crippen molar-refractivity contribution in [2.45, 2.75) is 13.8 Å². The van der Waals surface area contributed by atoms with Gasteiger partial charge in [-0.25, -0.2) is 4.98 Å². The van der Waals surface area contributed by atoms with E-state index in [0.717, 1.165) is 22.6 Å². The number of benzene rings is 2. The quantitative estimate of drug-likeness (QED) is 0.590. The molecular weight excluding hydrogens is 384 g/mol. The number of amides is 1. The second-order valence-electron chi connectivity index (χ2n) is 5.71. The number of aryl methyl sites for hydroxylation is 1. The number of nitrogens with one attached hydrogen (secondary N) is 1. The molecule has 0 bridgehead atoms. The number of carbonyl (C=O) groups is 1. The first-order chi connectivity index (χ1) is 13.1. The molecule has 1 N–H and O–H groups in total. The van der Waals surface area contributed by atoms with Crippen molar-refractivity contribution < 1.29 is 14.3 Å². The highest BCUT2D eigenvalue weighted by Crippen LogP contribution is 2.32. The lowest BCUT2D eigenvalue weighted by Crippen LogP contribution is -2.20. The third kappa shape index (κ3) is 4.99. The van der Waals surface area contributed by atoms with E-state index < -0.39 is 0 Å². The Labute approximate surface area is 166 Å². The molecule has 2 aromatic carbocycles. The van der Waals surface area contributed by atoms with Crippen molar-refractivity contribution in [1.29, 1.82) is 0 Å². The van der Waals surface area contributed by atoms with Gasteiger partial charge in [0.15, 0.2) is 11.7 Å². The van der Waals surface area contributed by atoms with Crippen LogP contribution in [0.4, 0.5) is 5.13 Å². The Hall–Kier alpha value is -2.57. The summed E-state index contributed by atoms with van der Waals surface area (Å²) < 4.78 is 11.1. The van der Waals surface area contributed by atoms with E-state index in [0.29, 0.717) is 22.5 Å². The molecule has 1 heterocycles. The Morgan fingerprint density at radius 1 is 1.22 bits per heavy atom. The number of carbonyl (C=O) groups excluding carboxylic acids is 1. The molecule has 0 aliphatic rings. The molecule has 1 aromatic heterocycles. The van der Waals surface area contributed by atoms with Gasteiger partial charge >= 0.3 is 0 Å². The maximum Gasteiger partial charge on any atom is 0.264 e. The van der Waals surface area contributed by atoms with Crippen LogP contribution in [0, 0.1) is 6.92 Å². The molecule has 5 nitrogen and oxygen atoms in total. The fraction of sp³-hybridized carbons (Fsp3) is 0.200. The molecule has 7 heteroatoms. The molecule has 0 fully saturated rings. The first kappa shape index (κ1) is 19.2. The van der Waals surface area contributed by atoms with Crippen LogP contribution in [-0.2, 0) is 4.79 Å². The van der Waals surface area contributed by atoms with Crippen LogP contribution in [0.25, 0.3) is 11.3 Å². The van der Waals surface area contributed by atoms with Crippen LogP contribution in [0.2, 0.25) is 5.02 Å². The van der Waals surface area contributed by atoms with Gasteiger partial charge < -0.3 is 9.47 Å². The van der Waals surface area contributed by atoms with Crippen LogP contribution in [0.5, 0.6) is 11.5 Å². The molecular formula is C20H19ClN2O3S. The third-order valence-corrected chi connectivity index (χ3v) is 4.89. The van der Waals surface area contributed by atoms with Crippen LogP contribution < -0.4 is 14.8 Å². The smallest absolute Gasteiger partial charge is 0.264 e. The molecule has 3 rings (SSSR count). The summed E-state index contributed by atoms with van der Waals surface area (Å²) in [6.45, 7) is 4.29. The Morgan fingerprint density at radius 3 is 2.81 bits per heavy atom. The first-order valence-corrected chi connectivity index (χ1v) is 9.69. The van der Waals surface area contributed by atoms with Gasteiger partial charge in [-0.15, -0.1) is 11.3 Å². The summed E-state index contributed by atoms with van der Waals surface area (Å²) in [5.74, 6) is 1.09. The Balaban J connectivity index is 1.62. The highest BCUT2D eigenvalue weighted by molar-refractivity contribution is 7.14. The van der Waals surface area contributed by atoms with Crippen LogP contribution >= 0.6 is 22.9 Å². The summed E-state index contributed by atoms with van der Waals surface area (Å²) in [5, 5.41) is 5.81. The van der Waals surface area contributed by atoms with Gasteiger partial charge in [0.25, 0.3) is 5.91 Å². The Kier molecular flexibility index (Phi) is 6.32. The number of rotatable bonds is 7. The lowest BCUT2D eigenvalue weighted by atomic mass is 10.1. The number of anilines is 1. The number of hydrogen-bond acceptors (Lipinski definition) is 5. The largest absolute Gasteiger partial charge is 0.493 e. The lowest BCUT2D eigenvalue weighted by Gasteiger charge is -2.08. The zero-order valence-corrected chi connectivity index (χ0v) is 16.6. The van der Waals surface area contributed by atoms with Crippen molar-refractivity contribution in [1.82, 2.24) is 4.98 Å². The van der Waals surface area contributed by atoms with Gasteiger partial charge in [-0.2, -0.15) is 0 Å². The van der Waals surface area contributed by atoms with Gasteiger partial charge in [-0.05, 0) is 49.7 Å². The monoisotopic (exact) mass is 402 g/mol. The molecule has 0 aliphatic carbocycles. The summed E-state index contributed by atoms with van der Waals surface area (Å²) in [4.78, 5) is 16.6. The maximum absolute atomic E-state index is 12.1. The molecule has 0 unspecified atom stereocenters. The third-order valence-electron chi connectivity index (χ3n) is 3.71. The van der Waals surface area contributed by atoms with Crippen molar-refractivity contribution in [3.63, 3.8) is 0 Å². The van der Waals surface area contributed by atoms with E-state index in [-0.39, 0.29) is 12.5 Å². The molecule has 1 amide bonds. The van der Waals surface area contributed by atoms with E-state index in [1.54, 1.807) is 18.2 Å². The zero-order chi connectivity index (χ0) is 19.2. The maximum atomic E-state index is 12.1. The molecule has 0 radical (unpaired) electrons. The average molecular weight is 403 g/mol. The summed E-state index contributed by atoms with van der Waals surface area (Å²) in [6, 6.07) is 13.0. The molecule has 0 saturated heterocycles. The summed E-state index contributed by atoms with van der Waals surface area (Å²) in [7, 11) is 0. The minimum atomic E-state index is -0.276. The topological polar surface area (TPSA) is 60.5 Å². The van der Waals surface area contributed by atoms with Crippen molar-refractivity contribution in [3.05, 3.63) is 58.4 Å². The molecule has 0 spiro atoms. The second-order valence-corrected chi connectivity index (χ2v) is 6.98. The lowest BCUT2D eigenvalue weighted by molar-refractivity contribution is -0.118. The van der Waals surface area contributed by atoms with Crippen molar-refractivity contribution >= 4 is 34.0 Å². The molecule has 3 aromatic rings. The highest BCUT2D eigenvalue weighted by Gasteiger charge is 2.12. The fourth-order valence-corrected chi connectivity index (χ4v) is 3.27. The average Bonchev–Trinajstić information content (AvgIpc) is 3.11. The molecule has 140 valence electrons. The predicted molar refractivity (Wildman–Crippen MR) is 109 cm³/mol. The number of hydrogen-bond donors (Lipinski definition) is 1. The van der Waals surface area contributed by atoms with Crippen LogP contribution in [-0.4, -0.2) is 24.1 Å². The number of ether oxygens (including phenoxy) is 2. The van der Waals surface area contributed by atoms with E-state index in [2.05, 4.69) is 10.3 Å². The summed E-state index contributed by atoms with van der Waals surface area (Å²) in [5.41, 5.74) is 2.55. The first-order valence-electron chi connectivity index (χ1n) is 8.43. The zero-order valence-electron chi connectivity index (χ0n) is 15.0. The Morgan fingerprint density at radius 2 is 2.04 bits per heavy atom. The highest BCUT2D eigenvalue weighted by atomic mass is 35.5. The minimum absolute atomic E-state index is 0.106. The van der Waals surface area contributed by atoms with E-state index in [1.165, 1.54) is 11.3 Å². The van der Waals surface area contributed by atoms with Crippen molar-refractivity contribution in [3.8, 4) is 22.8 Å². The van der Waals surface area contributed by atoms with Gasteiger partial charge in [0.05, 0.1) is 12.3 Å². The Bertz CT molecular complexity index is 942.